The molecule has 3 saturated heterocycles. The van der Waals surface area contributed by atoms with Gasteiger partial charge in [-0.05, 0) is 79.1 Å². The molecule has 0 aromatic carbocycles. The number of esters is 1. The summed E-state index contributed by atoms with van der Waals surface area (Å²) in [5.41, 5.74) is -1.80. The van der Waals surface area contributed by atoms with Crippen LogP contribution in [0.25, 0.3) is 5.82 Å². The van der Waals surface area contributed by atoms with Gasteiger partial charge < -0.3 is 43.6 Å². The van der Waals surface area contributed by atoms with E-state index in [0.717, 1.165) is 5.56 Å². The predicted octanol–water partition coefficient (Wildman–Crippen LogP) is 3.46. The molecule has 5 heterocycles. The summed E-state index contributed by atoms with van der Waals surface area (Å²) in [5.74, 6) is -3.94. The maximum Gasteiger partial charge on any atom is 0.316 e. The van der Waals surface area contributed by atoms with Gasteiger partial charge in [0.1, 0.15) is 36.0 Å². The lowest BCUT2D eigenvalue weighted by Gasteiger charge is -2.47. The first-order valence-electron chi connectivity index (χ1n) is 20.4. The van der Waals surface area contributed by atoms with Gasteiger partial charge in [0.2, 0.25) is 5.91 Å². The van der Waals surface area contributed by atoms with Crippen LogP contribution in [-0.2, 0) is 49.5 Å². The highest BCUT2D eigenvalue weighted by Gasteiger charge is 2.51. The van der Waals surface area contributed by atoms with Crippen LogP contribution < -0.4 is 0 Å². The van der Waals surface area contributed by atoms with Gasteiger partial charge in [0.25, 0.3) is 0 Å². The van der Waals surface area contributed by atoms with E-state index in [9.17, 15) is 24.6 Å². The van der Waals surface area contributed by atoms with E-state index in [-0.39, 0.29) is 51.2 Å². The Kier molecular flexibility index (Phi) is 15.3. The molecule has 0 saturated carbocycles. The third-order valence-electron chi connectivity index (χ3n) is 11.7. The SMILES string of the molecule is CC[C@H]1OC(=O)[C@H](C)C(=O)[C@H](C)[C@@H](O[C@@H]2O[C@H](C)C[C@H](N(C)C)[C@H]2O)[C@@]2(C)C[C@@H](C)C(=NC(C)=O)C[C@H](OC/C(=N\OCc3ccc(-n4cccn4)nc3)CO2)[C@]1(C)O. The molecule has 0 unspecified atom stereocenters. The number of aromatic nitrogens is 3. The summed E-state index contributed by atoms with van der Waals surface area (Å²) in [6, 6.07) is 5.13. The number of nitrogens with zero attached hydrogens (tertiary/aromatic N) is 6. The molecule has 0 spiro atoms. The second kappa shape index (κ2) is 19.6. The molecule has 5 rings (SSSR count). The van der Waals surface area contributed by atoms with E-state index in [4.69, 9.17) is 28.5 Å². The minimum atomic E-state index is -1.83. The topological polar surface area (TPSA) is 206 Å². The summed E-state index contributed by atoms with van der Waals surface area (Å²) in [7, 11) is 3.73. The van der Waals surface area contributed by atoms with Crippen molar-refractivity contribution >= 4 is 29.1 Å². The van der Waals surface area contributed by atoms with E-state index < -0.39 is 77.3 Å². The number of pyridine rings is 1. The van der Waals surface area contributed by atoms with Crippen LogP contribution in [0.3, 0.4) is 0 Å². The van der Waals surface area contributed by atoms with Gasteiger partial charge in [-0.1, -0.05) is 32.0 Å². The normalized spacial score (nSPS) is 36.8. The number of oxime groups is 1. The third-order valence-corrected chi connectivity index (χ3v) is 11.7. The van der Waals surface area contributed by atoms with E-state index in [2.05, 4.69) is 20.2 Å². The first kappa shape index (κ1) is 46.1. The number of hydrogen-bond acceptors (Lipinski definition) is 15. The van der Waals surface area contributed by atoms with Gasteiger partial charge in [0.15, 0.2) is 17.9 Å². The van der Waals surface area contributed by atoms with Gasteiger partial charge in [0, 0.05) is 55.2 Å². The molecule has 0 radical (unpaired) electrons. The van der Waals surface area contributed by atoms with Crippen LogP contribution in [0.5, 0.6) is 0 Å². The number of amides is 1. The summed E-state index contributed by atoms with van der Waals surface area (Å²) >= 11 is 0. The number of likely N-dealkylation sites (N-methyl/N-ethyl adjacent to an activating group) is 1. The van der Waals surface area contributed by atoms with Crippen LogP contribution in [0, 0.1) is 17.8 Å². The largest absolute Gasteiger partial charge is 0.459 e. The van der Waals surface area contributed by atoms with Crippen molar-refractivity contribution in [3.8, 4) is 5.82 Å². The van der Waals surface area contributed by atoms with Crippen molar-refractivity contribution in [1.82, 2.24) is 19.7 Å². The first-order valence-corrected chi connectivity index (χ1v) is 20.4. The zero-order chi connectivity index (χ0) is 43.2. The molecule has 1 amide bonds. The molecule has 17 heteroatoms. The fraction of sp³-hybridized carbons (Fsp3) is 0.690. The lowest BCUT2D eigenvalue weighted by atomic mass is 9.76. The van der Waals surface area contributed by atoms with Crippen LogP contribution in [-0.4, -0.2) is 140 Å². The number of ketones is 1. The van der Waals surface area contributed by atoms with Crippen LogP contribution in [0.15, 0.2) is 46.9 Å². The maximum atomic E-state index is 14.5. The van der Waals surface area contributed by atoms with E-state index >= 15 is 0 Å². The smallest absolute Gasteiger partial charge is 0.316 e. The van der Waals surface area contributed by atoms with Crippen LogP contribution >= 0.6 is 0 Å². The third kappa shape index (κ3) is 11.1. The molecule has 59 heavy (non-hydrogen) atoms. The highest BCUT2D eigenvalue weighted by molar-refractivity contribution is 6.00. The Labute approximate surface area is 346 Å². The van der Waals surface area contributed by atoms with E-state index in [1.165, 1.54) is 20.8 Å². The van der Waals surface area contributed by atoms with Crippen LogP contribution in [0.2, 0.25) is 0 Å². The second-order valence-electron chi connectivity index (χ2n) is 16.8. The van der Waals surface area contributed by atoms with Crippen molar-refractivity contribution in [3.63, 3.8) is 0 Å². The molecule has 12 atom stereocenters. The number of Topliss-reactive ketones (excluding diaryl/α,β-unsaturated/α-hetero) is 1. The Morgan fingerprint density at radius 2 is 1.88 bits per heavy atom. The van der Waals surface area contributed by atoms with Gasteiger partial charge in [-0.3, -0.25) is 14.4 Å². The maximum absolute atomic E-state index is 14.5. The first-order chi connectivity index (χ1) is 27.8. The molecule has 326 valence electrons. The summed E-state index contributed by atoms with van der Waals surface area (Å²) in [6.07, 6.45) is 0.0258. The molecular weight excluding hydrogens is 764 g/mol. The molecule has 3 aliphatic rings. The minimum absolute atomic E-state index is 0.0255. The summed E-state index contributed by atoms with van der Waals surface area (Å²) in [6.45, 7) is 12.9. The lowest BCUT2D eigenvalue weighted by molar-refractivity contribution is -0.296. The molecule has 2 aromatic rings. The Morgan fingerprint density at radius 1 is 1.14 bits per heavy atom. The second-order valence-corrected chi connectivity index (χ2v) is 16.8. The lowest BCUT2D eigenvalue weighted by Crippen LogP contribution is -2.59. The van der Waals surface area contributed by atoms with E-state index in [1.807, 2.05) is 38.9 Å². The number of carbonyl (C=O) groups is 3. The summed E-state index contributed by atoms with van der Waals surface area (Å²) in [4.78, 5) is 57.6. The van der Waals surface area contributed by atoms with Crippen molar-refractivity contribution in [1.29, 1.82) is 0 Å². The number of cyclic esters (lactones) is 1. The number of ether oxygens (including phenoxy) is 5. The highest BCUT2D eigenvalue weighted by Crippen LogP contribution is 2.39. The van der Waals surface area contributed by atoms with Crippen molar-refractivity contribution in [2.45, 2.75) is 142 Å². The molecule has 17 nitrogen and oxygen atoms in total. The van der Waals surface area contributed by atoms with Gasteiger partial charge >= 0.3 is 5.97 Å². The number of fused-ring (bicyclic) bond motifs is 5. The molecule has 3 fully saturated rings. The zero-order valence-corrected chi connectivity index (χ0v) is 35.9. The number of hydrogen-bond donors (Lipinski definition) is 2. The van der Waals surface area contributed by atoms with Crippen molar-refractivity contribution < 1.29 is 53.1 Å². The molecule has 0 aliphatic carbocycles. The fourth-order valence-corrected chi connectivity index (χ4v) is 8.26. The van der Waals surface area contributed by atoms with Crippen molar-refractivity contribution in [3.05, 3.63) is 42.4 Å². The zero-order valence-electron chi connectivity index (χ0n) is 35.9. The highest BCUT2D eigenvalue weighted by atomic mass is 16.7. The standard InChI is InChI=1S/C42H62N6O11/c1-11-33-42(8,53)34-18-31(45-28(6)49)24(2)19-41(7,55-23-30(22-54-34)46-56-21-29-13-14-35(43-20-29)48-16-12-15-44-48)38(26(4)36(50)27(5)39(52)58-33)59-40-37(51)32(47(9)10)17-25(3)57-40/h12-16,20,24-27,32-34,37-38,40,51,53H,11,17-19,21-23H2,1-10H3/b45-31?,46-30+/t24-,25-,26+,27-,32+,33-,34+,37-,38-,40+,41-,42-/m1/s1. The average molecular weight is 827 g/mol. The number of rotatable bonds is 8. The summed E-state index contributed by atoms with van der Waals surface area (Å²) in [5, 5.41) is 32.5. The Balaban J connectivity index is 1.60. The Morgan fingerprint density at radius 3 is 2.51 bits per heavy atom. The molecule has 2 aromatic heterocycles. The Hall–Kier alpha value is -3.97. The number of aliphatic hydroxyl groups excluding tert-OH is 1. The monoisotopic (exact) mass is 826 g/mol. The van der Waals surface area contributed by atoms with E-state index in [0.29, 0.717) is 23.7 Å². The number of carbonyl (C=O) groups excluding carboxylic acids is 3. The van der Waals surface area contributed by atoms with Gasteiger partial charge in [-0.2, -0.15) is 5.10 Å². The molecule has 2 bridgehead atoms. The number of aliphatic hydroxyl groups is 2. The Bertz CT molecular complexity index is 1800. The van der Waals surface area contributed by atoms with Crippen LogP contribution in [0.1, 0.15) is 86.6 Å². The van der Waals surface area contributed by atoms with Gasteiger partial charge in [-0.15, -0.1) is 0 Å². The van der Waals surface area contributed by atoms with E-state index in [1.54, 1.807) is 56.2 Å². The fourth-order valence-electron chi connectivity index (χ4n) is 8.26. The average Bonchev–Trinajstić information content (AvgIpc) is 3.73. The predicted molar refractivity (Wildman–Crippen MR) is 216 cm³/mol. The minimum Gasteiger partial charge on any atom is -0.459 e. The molecule has 2 N–H and O–H groups in total. The number of aliphatic imine (C=N–C) groups is 1. The summed E-state index contributed by atoms with van der Waals surface area (Å²) < 4.78 is 33.9. The van der Waals surface area contributed by atoms with Gasteiger partial charge in [-0.25, -0.2) is 14.7 Å². The van der Waals surface area contributed by atoms with Crippen LogP contribution in [0.4, 0.5) is 0 Å². The van der Waals surface area contributed by atoms with Gasteiger partial charge in [0.05, 0.1) is 37.1 Å². The van der Waals surface area contributed by atoms with Crippen molar-refractivity contribution in [2.24, 2.45) is 27.9 Å². The quantitative estimate of drug-likeness (QED) is 0.222. The molecule has 3 aliphatic heterocycles. The molecular formula is C42H62N6O11. The van der Waals surface area contributed by atoms with Crippen molar-refractivity contribution in [2.75, 3.05) is 27.3 Å².